The van der Waals surface area contributed by atoms with Gasteiger partial charge in [-0.15, -0.1) is 5.10 Å². The molecule has 4 heteroatoms. The molecule has 4 nitrogen and oxygen atoms in total. The summed E-state index contributed by atoms with van der Waals surface area (Å²) in [4.78, 5) is 11.1. The highest BCUT2D eigenvalue weighted by atomic mass is 16.1. The molecule has 0 fully saturated rings. The smallest absolute Gasteiger partial charge is 0.172 e. The van der Waals surface area contributed by atoms with Crippen molar-refractivity contribution in [1.82, 2.24) is 15.0 Å². The van der Waals surface area contributed by atoms with Gasteiger partial charge in [0.2, 0.25) is 0 Å². The zero-order valence-electron chi connectivity index (χ0n) is 12.3. The summed E-state index contributed by atoms with van der Waals surface area (Å²) in [5, 5.41) is 8.05. The Morgan fingerprint density at radius 3 is 2.50 bits per heavy atom. The number of carbonyl (C=O) groups excluding carboxylic acids is 1. The van der Waals surface area contributed by atoms with Crippen LogP contribution in [0.5, 0.6) is 0 Å². The monoisotopic (exact) mass is 271 g/mol. The molecule has 0 radical (unpaired) electrons. The lowest BCUT2D eigenvalue weighted by Crippen LogP contribution is -2.11. The van der Waals surface area contributed by atoms with E-state index in [0.717, 1.165) is 31.4 Å². The van der Waals surface area contributed by atoms with E-state index >= 15 is 0 Å². The molecule has 106 valence electrons. The Hall–Kier alpha value is -1.97. The second-order valence-corrected chi connectivity index (χ2v) is 5.60. The molecule has 0 spiro atoms. The zero-order chi connectivity index (χ0) is 14.5. The first-order chi connectivity index (χ1) is 9.60. The van der Waals surface area contributed by atoms with Gasteiger partial charge in [0, 0.05) is 6.54 Å². The Labute approximate surface area is 119 Å². The topological polar surface area (TPSA) is 47.8 Å². The van der Waals surface area contributed by atoms with Crippen LogP contribution in [-0.4, -0.2) is 21.3 Å². The van der Waals surface area contributed by atoms with Crippen LogP contribution in [0.25, 0.3) is 0 Å². The van der Waals surface area contributed by atoms with Crippen molar-refractivity contribution in [1.29, 1.82) is 0 Å². The number of rotatable bonds is 6. The van der Waals surface area contributed by atoms with E-state index in [0.29, 0.717) is 11.6 Å². The third-order valence-electron chi connectivity index (χ3n) is 3.29. The standard InChI is InChI=1S/C16H21N3O/c1-12(2)10-19-16(15(11-20)17-18-19)9-8-14-6-4-13(3)5-7-14/h4-7,11-12H,8-10H2,1-3H3. The molecule has 0 amide bonds. The lowest BCUT2D eigenvalue weighted by Gasteiger charge is -2.09. The minimum Gasteiger partial charge on any atom is -0.296 e. The molecule has 0 N–H and O–H groups in total. The van der Waals surface area contributed by atoms with Gasteiger partial charge in [0.1, 0.15) is 5.69 Å². The average molecular weight is 271 g/mol. The minimum atomic E-state index is 0.470. The predicted octanol–water partition coefficient (Wildman–Crippen LogP) is 2.84. The number of nitrogens with zero attached hydrogens (tertiary/aromatic N) is 3. The Kier molecular flexibility index (Phi) is 4.66. The number of aromatic nitrogens is 3. The van der Waals surface area contributed by atoms with Crippen molar-refractivity contribution in [3.05, 3.63) is 46.8 Å². The molecule has 1 aromatic carbocycles. The summed E-state index contributed by atoms with van der Waals surface area (Å²) >= 11 is 0. The normalized spacial score (nSPS) is 11.0. The summed E-state index contributed by atoms with van der Waals surface area (Å²) < 4.78 is 1.86. The van der Waals surface area contributed by atoms with Crippen molar-refractivity contribution in [2.45, 2.75) is 40.2 Å². The highest BCUT2D eigenvalue weighted by molar-refractivity contribution is 5.73. The first-order valence-corrected chi connectivity index (χ1v) is 7.03. The summed E-state index contributed by atoms with van der Waals surface area (Å²) in [7, 11) is 0. The first-order valence-electron chi connectivity index (χ1n) is 7.03. The fourth-order valence-corrected chi connectivity index (χ4v) is 2.20. The molecular formula is C16H21N3O. The molecule has 0 saturated carbocycles. The van der Waals surface area contributed by atoms with Gasteiger partial charge in [-0.3, -0.25) is 4.79 Å². The van der Waals surface area contributed by atoms with E-state index in [1.165, 1.54) is 11.1 Å². The average Bonchev–Trinajstić information content (AvgIpc) is 2.79. The number of hydrogen-bond donors (Lipinski definition) is 0. The van der Waals surface area contributed by atoms with Crippen LogP contribution < -0.4 is 0 Å². The summed E-state index contributed by atoms with van der Waals surface area (Å²) in [6, 6.07) is 8.48. The van der Waals surface area contributed by atoms with Gasteiger partial charge < -0.3 is 0 Å². The molecule has 0 aliphatic heterocycles. The molecule has 2 rings (SSSR count). The maximum Gasteiger partial charge on any atom is 0.172 e. The van der Waals surface area contributed by atoms with Gasteiger partial charge in [-0.2, -0.15) is 0 Å². The molecule has 0 aliphatic carbocycles. The van der Waals surface area contributed by atoms with Crippen molar-refractivity contribution in [2.75, 3.05) is 0 Å². The molecule has 2 aromatic rings. The molecule has 20 heavy (non-hydrogen) atoms. The van der Waals surface area contributed by atoms with Crippen LogP contribution in [0.2, 0.25) is 0 Å². The fraction of sp³-hybridized carbons (Fsp3) is 0.438. The van der Waals surface area contributed by atoms with E-state index in [1.807, 2.05) is 4.68 Å². The maximum atomic E-state index is 11.1. The van der Waals surface area contributed by atoms with Gasteiger partial charge in [-0.05, 0) is 31.2 Å². The number of hydrogen-bond acceptors (Lipinski definition) is 3. The molecular weight excluding hydrogens is 250 g/mol. The van der Waals surface area contributed by atoms with Crippen molar-refractivity contribution < 1.29 is 4.79 Å². The van der Waals surface area contributed by atoms with Crippen LogP contribution in [0, 0.1) is 12.8 Å². The number of carbonyl (C=O) groups is 1. The lowest BCUT2D eigenvalue weighted by atomic mass is 10.1. The van der Waals surface area contributed by atoms with E-state index in [9.17, 15) is 4.79 Å². The van der Waals surface area contributed by atoms with Crippen molar-refractivity contribution >= 4 is 6.29 Å². The largest absolute Gasteiger partial charge is 0.296 e. The third kappa shape index (κ3) is 3.53. The Bertz CT molecular complexity index is 570. The molecule has 0 aliphatic rings. The molecule has 0 unspecified atom stereocenters. The van der Waals surface area contributed by atoms with E-state index in [2.05, 4.69) is 55.3 Å². The fourth-order valence-electron chi connectivity index (χ4n) is 2.20. The van der Waals surface area contributed by atoms with Crippen LogP contribution in [0.3, 0.4) is 0 Å². The van der Waals surface area contributed by atoms with Gasteiger partial charge in [-0.1, -0.05) is 48.9 Å². The summed E-state index contributed by atoms with van der Waals surface area (Å²) in [5.74, 6) is 0.481. The van der Waals surface area contributed by atoms with Crippen LogP contribution in [0.1, 0.15) is 41.2 Å². The minimum absolute atomic E-state index is 0.470. The Morgan fingerprint density at radius 2 is 1.90 bits per heavy atom. The molecule has 0 atom stereocenters. The summed E-state index contributed by atoms with van der Waals surface area (Å²) in [6.45, 7) is 7.14. The second-order valence-electron chi connectivity index (χ2n) is 5.60. The number of aldehydes is 1. The molecule has 0 bridgehead atoms. The second kappa shape index (κ2) is 6.46. The van der Waals surface area contributed by atoms with E-state index < -0.39 is 0 Å². The van der Waals surface area contributed by atoms with Gasteiger partial charge >= 0.3 is 0 Å². The Balaban J connectivity index is 2.12. The van der Waals surface area contributed by atoms with Crippen molar-refractivity contribution in [3.63, 3.8) is 0 Å². The molecule has 1 heterocycles. The molecule has 1 aromatic heterocycles. The van der Waals surface area contributed by atoms with Crippen molar-refractivity contribution in [3.8, 4) is 0 Å². The van der Waals surface area contributed by atoms with E-state index in [4.69, 9.17) is 0 Å². The van der Waals surface area contributed by atoms with Crippen molar-refractivity contribution in [2.24, 2.45) is 5.92 Å². The van der Waals surface area contributed by atoms with Gasteiger partial charge in [-0.25, -0.2) is 4.68 Å². The van der Waals surface area contributed by atoms with Gasteiger partial charge in [0.05, 0.1) is 5.69 Å². The van der Waals surface area contributed by atoms with Gasteiger partial charge in [0.15, 0.2) is 6.29 Å². The van der Waals surface area contributed by atoms with Crippen LogP contribution in [0.15, 0.2) is 24.3 Å². The third-order valence-corrected chi connectivity index (χ3v) is 3.29. The van der Waals surface area contributed by atoms with Crippen LogP contribution >= 0.6 is 0 Å². The summed E-state index contributed by atoms with van der Waals surface area (Å²) in [5.41, 5.74) is 3.94. The van der Waals surface area contributed by atoms with Crippen LogP contribution in [-0.2, 0) is 19.4 Å². The predicted molar refractivity (Wildman–Crippen MR) is 78.8 cm³/mol. The van der Waals surface area contributed by atoms with Crippen LogP contribution in [0.4, 0.5) is 0 Å². The van der Waals surface area contributed by atoms with E-state index in [-0.39, 0.29) is 0 Å². The summed E-state index contributed by atoms with van der Waals surface area (Å²) in [6.07, 6.45) is 2.48. The van der Waals surface area contributed by atoms with Gasteiger partial charge in [0.25, 0.3) is 0 Å². The quantitative estimate of drug-likeness (QED) is 0.759. The Morgan fingerprint density at radius 1 is 1.20 bits per heavy atom. The number of aryl methyl sites for hydroxylation is 2. The number of benzene rings is 1. The highest BCUT2D eigenvalue weighted by Gasteiger charge is 2.13. The molecule has 0 saturated heterocycles. The maximum absolute atomic E-state index is 11.1. The SMILES string of the molecule is Cc1ccc(CCc2c(C=O)nnn2CC(C)C)cc1. The highest BCUT2D eigenvalue weighted by Crippen LogP contribution is 2.12. The lowest BCUT2D eigenvalue weighted by molar-refractivity contribution is 0.111. The first kappa shape index (κ1) is 14.4. The zero-order valence-corrected chi connectivity index (χ0v) is 12.3. The van der Waals surface area contributed by atoms with E-state index in [1.54, 1.807) is 0 Å².